The number of rotatable bonds is 5. The van der Waals surface area contributed by atoms with Gasteiger partial charge >= 0.3 is 12.0 Å². The van der Waals surface area contributed by atoms with E-state index >= 15 is 0 Å². The number of carboxylic acid groups (broad SMARTS) is 1. The molecule has 0 spiro atoms. The van der Waals surface area contributed by atoms with Crippen molar-refractivity contribution in [1.82, 2.24) is 10.6 Å². The van der Waals surface area contributed by atoms with E-state index in [9.17, 15) is 9.59 Å². The van der Waals surface area contributed by atoms with Gasteiger partial charge in [-0.2, -0.15) is 0 Å². The molecule has 20 heavy (non-hydrogen) atoms. The van der Waals surface area contributed by atoms with Crippen molar-refractivity contribution in [3.63, 3.8) is 0 Å². The molecule has 3 N–H and O–H groups in total. The van der Waals surface area contributed by atoms with Crippen LogP contribution in [0.2, 0.25) is 0 Å². The number of nitrogens with one attached hydrogen (secondary N) is 2. The van der Waals surface area contributed by atoms with Gasteiger partial charge < -0.3 is 15.7 Å². The topological polar surface area (TPSA) is 78.4 Å². The van der Waals surface area contributed by atoms with Crippen molar-refractivity contribution in [3.8, 4) is 0 Å². The average Bonchev–Trinajstić information content (AvgIpc) is 2.90. The summed E-state index contributed by atoms with van der Waals surface area (Å²) in [5.41, 5.74) is 1.55. The molecule has 2 amide bonds. The van der Waals surface area contributed by atoms with E-state index in [-0.39, 0.29) is 18.5 Å². The van der Waals surface area contributed by atoms with Gasteiger partial charge in [0.05, 0.1) is 6.42 Å². The highest BCUT2D eigenvalue weighted by atomic mass is 16.4. The predicted octanol–water partition coefficient (Wildman–Crippen LogP) is 1.83. The number of carboxylic acids is 1. The molecule has 0 saturated carbocycles. The summed E-state index contributed by atoms with van der Waals surface area (Å²) in [6.45, 7) is 0.329. The van der Waals surface area contributed by atoms with Crippen LogP contribution in [0, 0.1) is 0 Å². The van der Waals surface area contributed by atoms with Gasteiger partial charge in [-0.3, -0.25) is 4.79 Å². The van der Waals surface area contributed by atoms with E-state index in [1.54, 1.807) is 12.1 Å². The number of amides is 2. The summed E-state index contributed by atoms with van der Waals surface area (Å²) in [6, 6.07) is 7.18. The van der Waals surface area contributed by atoms with Crippen LogP contribution in [0.3, 0.4) is 0 Å². The van der Waals surface area contributed by atoms with Crippen LogP contribution < -0.4 is 10.6 Å². The molecule has 0 unspecified atom stereocenters. The number of carbonyl (C=O) groups excluding carboxylic acids is 1. The summed E-state index contributed by atoms with van der Waals surface area (Å²) in [6.07, 6.45) is 5.79. The molecule has 1 aromatic rings. The molecule has 0 aromatic heterocycles. The third-order valence-electron chi connectivity index (χ3n) is 3.24. The molecular weight excluding hydrogens is 256 g/mol. The smallest absolute Gasteiger partial charge is 0.315 e. The maximum absolute atomic E-state index is 11.7. The molecule has 0 fully saturated rings. The second kappa shape index (κ2) is 6.75. The summed E-state index contributed by atoms with van der Waals surface area (Å²) >= 11 is 0. The van der Waals surface area contributed by atoms with Gasteiger partial charge in [0.1, 0.15) is 0 Å². The molecule has 5 nitrogen and oxygen atoms in total. The summed E-state index contributed by atoms with van der Waals surface area (Å²) in [4.78, 5) is 22.5. The predicted molar refractivity (Wildman–Crippen MR) is 75.3 cm³/mol. The van der Waals surface area contributed by atoms with Gasteiger partial charge in [-0.1, -0.05) is 36.4 Å². The van der Waals surface area contributed by atoms with Crippen molar-refractivity contribution in [2.75, 3.05) is 0 Å². The highest BCUT2D eigenvalue weighted by Crippen LogP contribution is 2.10. The number of aliphatic carboxylic acids is 1. The van der Waals surface area contributed by atoms with Crippen molar-refractivity contribution < 1.29 is 14.7 Å². The lowest BCUT2D eigenvalue weighted by Crippen LogP contribution is -2.40. The lowest BCUT2D eigenvalue weighted by molar-refractivity contribution is -0.136. The summed E-state index contributed by atoms with van der Waals surface area (Å²) in [7, 11) is 0. The van der Waals surface area contributed by atoms with E-state index in [1.807, 2.05) is 24.3 Å². The molecule has 106 valence electrons. The molecule has 0 heterocycles. The SMILES string of the molecule is O=C(O)Cc1ccccc1CNC(=O)NC1CC=CC1. The van der Waals surface area contributed by atoms with Crippen molar-refractivity contribution >= 4 is 12.0 Å². The molecule has 0 saturated heterocycles. The summed E-state index contributed by atoms with van der Waals surface area (Å²) in [5, 5.41) is 14.5. The Kier molecular flexibility index (Phi) is 4.76. The lowest BCUT2D eigenvalue weighted by atomic mass is 10.0. The van der Waals surface area contributed by atoms with Crippen LogP contribution >= 0.6 is 0 Å². The molecule has 5 heteroatoms. The minimum Gasteiger partial charge on any atom is -0.481 e. The maximum Gasteiger partial charge on any atom is 0.315 e. The number of benzene rings is 1. The van der Waals surface area contributed by atoms with Gasteiger partial charge in [0.2, 0.25) is 0 Å². The fraction of sp³-hybridized carbons (Fsp3) is 0.333. The molecule has 0 aliphatic heterocycles. The van der Waals surface area contributed by atoms with E-state index in [0.717, 1.165) is 24.0 Å². The van der Waals surface area contributed by atoms with Crippen LogP contribution in [-0.4, -0.2) is 23.1 Å². The van der Waals surface area contributed by atoms with E-state index < -0.39 is 5.97 Å². The Hall–Kier alpha value is -2.30. The first-order valence-corrected chi connectivity index (χ1v) is 6.63. The van der Waals surface area contributed by atoms with Gasteiger partial charge in [0.25, 0.3) is 0 Å². The Bertz CT molecular complexity index is 518. The minimum absolute atomic E-state index is 0.0357. The largest absolute Gasteiger partial charge is 0.481 e. The molecular formula is C15H18N2O3. The van der Waals surface area contributed by atoms with Crippen molar-refractivity contribution in [2.45, 2.75) is 31.8 Å². The van der Waals surface area contributed by atoms with Crippen LogP contribution in [0.25, 0.3) is 0 Å². The number of hydrogen-bond acceptors (Lipinski definition) is 2. The van der Waals surface area contributed by atoms with Crippen LogP contribution in [0.15, 0.2) is 36.4 Å². The van der Waals surface area contributed by atoms with Crippen molar-refractivity contribution in [3.05, 3.63) is 47.5 Å². The highest BCUT2D eigenvalue weighted by molar-refractivity contribution is 5.74. The Morgan fingerprint density at radius 1 is 1.15 bits per heavy atom. The normalized spacial score (nSPS) is 14.2. The van der Waals surface area contributed by atoms with Crippen molar-refractivity contribution in [2.24, 2.45) is 0 Å². The number of urea groups is 1. The zero-order chi connectivity index (χ0) is 14.4. The first kappa shape index (κ1) is 14.1. The van der Waals surface area contributed by atoms with Gasteiger partial charge in [-0.05, 0) is 24.0 Å². The monoisotopic (exact) mass is 274 g/mol. The second-order valence-corrected chi connectivity index (χ2v) is 4.81. The maximum atomic E-state index is 11.7. The van der Waals surface area contributed by atoms with E-state index in [4.69, 9.17) is 5.11 Å². The van der Waals surface area contributed by atoms with Gasteiger partial charge in [0, 0.05) is 12.6 Å². The Morgan fingerprint density at radius 2 is 1.80 bits per heavy atom. The molecule has 0 atom stereocenters. The minimum atomic E-state index is -0.876. The first-order valence-electron chi connectivity index (χ1n) is 6.63. The Labute approximate surface area is 117 Å². The van der Waals surface area contributed by atoms with E-state index in [1.165, 1.54) is 0 Å². The molecule has 2 rings (SSSR count). The van der Waals surface area contributed by atoms with Crippen LogP contribution in [0.4, 0.5) is 4.79 Å². The standard InChI is InChI=1S/C15H18N2O3/c18-14(19)9-11-5-1-2-6-12(11)10-16-15(20)17-13-7-3-4-8-13/h1-6,13H,7-10H2,(H,18,19)(H2,16,17,20). The van der Waals surface area contributed by atoms with Gasteiger partial charge in [-0.25, -0.2) is 4.79 Å². The Morgan fingerprint density at radius 3 is 2.45 bits per heavy atom. The number of carbonyl (C=O) groups is 2. The fourth-order valence-corrected chi connectivity index (χ4v) is 2.21. The zero-order valence-corrected chi connectivity index (χ0v) is 11.1. The first-order chi connectivity index (χ1) is 9.65. The Balaban J connectivity index is 1.86. The highest BCUT2D eigenvalue weighted by Gasteiger charge is 2.13. The molecule has 0 bridgehead atoms. The molecule has 1 aromatic carbocycles. The number of hydrogen-bond donors (Lipinski definition) is 3. The van der Waals surface area contributed by atoms with Gasteiger partial charge in [0.15, 0.2) is 0 Å². The second-order valence-electron chi connectivity index (χ2n) is 4.81. The summed E-state index contributed by atoms with van der Waals surface area (Å²) in [5.74, 6) is -0.876. The summed E-state index contributed by atoms with van der Waals surface area (Å²) < 4.78 is 0. The van der Waals surface area contributed by atoms with Crippen LogP contribution in [0.1, 0.15) is 24.0 Å². The van der Waals surface area contributed by atoms with Crippen LogP contribution in [0.5, 0.6) is 0 Å². The van der Waals surface area contributed by atoms with E-state index in [0.29, 0.717) is 6.54 Å². The molecule has 0 radical (unpaired) electrons. The zero-order valence-electron chi connectivity index (χ0n) is 11.1. The fourth-order valence-electron chi connectivity index (χ4n) is 2.21. The van der Waals surface area contributed by atoms with Gasteiger partial charge in [-0.15, -0.1) is 0 Å². The third kappa shape index (κ3) is 4.12. The average molecular weight is 274 g/mol. The molecule has 1 aliphatic rings. The quantitative estimate of drug-likeness (QED) is 0.717. The van der Waals surface area contributed by atoms with Crippen LogP contribution in [-0.2, 0) is 17.8 Å². The lowest BCUT2D eigenvalue weighted by Gasteiger charge is -2.14. The van der Waals surface area contributed by atoms with E-state index in [2.05, 4.69) is 10.6 Å². The molecule has 1 aliphatic carbocycles. The third-order valence-corrected chi connectivity index (χ3v) is 3.24. The van der Waals surface area contributed by atoms with Crippen molar-refractivity contribution in [1.29, 1.82) is 0 Å².